The SMILES string of the molecule is C=Cc1c2ccccc2cc2ccccc12.c1ccc2cc3ccccc3cc2c1. The second-order valence-electron chi connectivity index (χ2n) is 7.48. The Balaban J connectivity index is 0.000000130. The first-order chi connectivity index (χ1) is 14.8. The van der Waals surface area contributed by atoms with Crippen molar-refractivity contribution in [3.05, 3.63) is 127 Å². The fourth-order valence-electron chi connectivity index (χ4n) is 4.15. The van der Waals surface area contributed by atoms with Crippen LogP contribution in [-0.2, 0) is 0 Å². The van der Waals surface area contributed by atoms with E-state index in [4.69, 9.17) is 0 Å². The molecule has 0 unspecified atom stereocenters. The molecule has 0 fully saturated rings. The van der Waals surface area contributed by atoms with Crippen molar-refractivity contribution in [3.8, 4) is 0 Å². The summed E-state index contributed by atoms with van der Waals surface area (Å²) in [6.45, 7) is 3.93. The van der Waals surface area contributed by atoms with Gasteiger partial charge in [0.25, 0.3) is 0 Å². The molecule has 0 spiro atoms. The van der Waals surface area contributed by atoms with Gasteiger partial charge in [-0.25, -0.2) is 0 Å². The molecular weight excluding hydrogens is 360 g/mol. The van der Waals surface area contributed by atoms with Crippen LogP contribution in [0.1, 0.15) is 5.56 Å². The molecule has 0 heterocycles. The molecule has 30 heavy (non-hydrogen) atoms. The van der Waals surface area contributed by atoms with Gasteiger partial charge < -0.3 is 0 Å². The smallest absolute Gasteiger partial charge is 0.0105 e. The average Bonchev–Trinajstić information content (AvgIpc) is 2.81. The maximum atomic E-state index is 3.93. The van der Waals surface area contributed by atoms with Crippen LogP contribution in [0, 0.1) is 0 Å². The van der Waals surface area contributed by atoms with Crippen molar-refractivity contribution in [2.24, 2.45) is 0 Å². The minimum Gasteiger partial charge on any atom is -0.0984 e. The second-order valence-corrected chi connectivity index (χ2v) is 7.48. The molecule has 0 aliphatic heterocycles. The van der Waals surface area contributed by atoms with Crippen molar-refractivity contribution in [1.29, 1.82) is 0 Å². The first kappa shape index (κ1) is 18.1. The highest BCUT2D eigenvalue weighted by Crippen LogP contribution is 2.29. The standard InChI is InChI=1S/C16H12.C14H10/c1-2-14-15-9-5-3-7-12(15)11-13-8-4-6-10-16(13)14;1-2-6-12-10-14-8-4-3-7-13(14)9-11(12)5-1/h2-11H,1H2;1-10H. The van der Waals surface area contributed by atoms with Crippen LogP contribution >= 0.6 is 0 Å². The van der Waals surface area contributed by atoms with E-state index in [9.17, 15) is 0 Å². The molecule has 0 nitrogen and oxygen atoms in total. The van der Waals surface area contributed by atoms with Crippen molar-refractivity contribution in [3.63, 3.8) is 0 Å². The Hall–Kier alpha value is -3.90. The minimum atomic E-state index is 1.23. The third kappa shape index (κ3) is 3.33. The molecule has 6 aromatic carbocycles. The Bertz CT molecular complexity index is 1350. The predicted octanol–water partition coefficient (Wildman–Crippen LogP) is 8.63. The summed E-state index contributed by atoms with van der Waals surface area (Å²) in [5, 5.41) is 10.3. The van der Waals surface area contributed by atoms with Crippen molar-refractivity contribution in [1.82, 2.24) is 0 Å². The molecule has 0 bridgehead atoms. The van der Waals surface area contributed by atoms with Crippen molar-refractivity contribution >= 4 is 49.2 Å². The maximum Gasteiger partial charge on any atom is -0.0105 e. The van der Waals surface area contributed by atoms with Crippen LogP contribution in [0.25, 0.3) is 49.2 Å². The van der Waals surface area contributed by atoms with Crippen molar-refractivity contribution < 1.29 is 0 Å². The first-order valence-electron chi connectivity index (χ1n) is 10.2. The van der Waals surface area contributed by atoms with Gasteiger partial charge in [-0.05, 0) is 66.9 Å². The van der Waals surface area contributed by atoms with Gasteiger partial charge in [0.2, 0.25) is 0 Å². The van der Waals surface area contributed by atoms with Crippen LogP contribution < -0.4 is 0 Å². The summed E-state index contributed by atoms with van der Waals surface area (Å²) in [4.78, 5) is 0. The zero-order valence-electron chi connectivity index (χ0n) is 16.8. The van der Waals surface area contributed by atoms with Gasteiger partial charge in [-0.3, -0.25) is 0 Å². The quantitative estimate of drug-likeness (QED) is 0.250. The molecule has 0 heteroatoms. The van der Waals surface area contributed by atoms with Crippen LogP contribution in [0.3, 0.4) is 0 Å². The molecule has 142 valence electrons. The fraction of sp³-hybridized carbons (Fsp3) is 0. The topological polar surface area (TPSA) is 0 Å². The highest BCUT2D eigenvalue weighted by Gasteiger charge is 2.03. The van der Waals surface area contributed by atoms with Crippen LogP contribution in [0.5, 0.6) is 0 Å². The number of fused-ring (bicyclic) bond motifs is 4. The summed E-state index contributed by atoms with van der Waals surface area (Å²) < 4.78 is 0. The van der Waals surface area contributed by atoms with Gasteiger partial charge in [0.15, 0.2) is 0 Å². The first-order valence-corrected chi connectivity index (χ1v) is 10.2. The number of benzene rings is 6. The van der Waals surface area contributed by atoms with Gasteiger partial charge in [0.1, 0.15) is 0 Å². The third-order valence-electron chi connectivity index (χ3n) is 5.63. The summed E-state index contributed by atoms with van der Waals surface area (Å²) in [6.07, 6.45) is 1.95. The van der Waals surface area contributed by atoms with E-state index in [1.165, 1.54) is 48.7 Å². The minimum absolute atomic E-state index is 1.23. The molecular formula is C30H22. The lowest BCUT2D eigenvalue weighted by Crippen LogP contribution is -1.82. The Kier molecular flexibility index (Phi) is 4.75. The van der Waals surface area contributed by atoms with Crippen LogP contribution in [-0.4, -0.2) is 0 Å². The van der Waals surface area contributed by atoms with E-state index in [1.54, 1.807) is 0 Å². The summed E-state index contributed by atoms with van der Waals surface area (Å²) in [5.41, 5.74) is 1.23. The van der Waals surface area contributed by atoms with E-state index < -0.39 is 0 Å². The van der Waals surface area contributed by atoms with Crippen LogP contribution in [0.15, 0.2) is 122 Å². The van der Waals surface area contributed by atoms with Gasteiger partial charge >= 0.3 is 0 Å². The largest absolute Gasteiger partial charge is 0.0984 e. The van der Waals surface area contributed by atoms with Crippen LogP contribution in [0.4, 0.5) is 0 Å². The van der Waals surface area contributed by atoms with E-state index in [1.807, 2.05) is 6.08 Å². The summed E-state index contributed by atoms with van der Waals surface area (Å²) in [5.74, 6) is 0. The predicted molar refractivity (Wildman–Crippen MR) is 133 cm³/mol. The third-order valence-corrected chi connectivity index (χ3v) is 5.63. The highest BCUT2D eigenvalue weighted by molar-refractivity contribution is 6.06. The summed E-state index contributed by atoms with van der Waals surface area (Å²) in [6, 6.07) is 40.5. The molecule has 6 aromatic rings. The lowest BCUT2D eigenvalue weighted by molar-refractivity contribution is 1.74. The second kappa shape index (κ2) is 7.85. The van der Waals surface area contributed by atoms with E-state index in [2.05, 4.69) is 122 Å². The van der Waals surface area contributed by atoms with Crippen molar-refractivity contribution in [2.45, 2.75) is 0 Å². The normalized spacial score (nSPS) is 10.8. The molecule has 0 N–H and O–H groups in total. The van der Waals surface area contributed by atoms with Gasteiger partial charge in [0, 0.05) is 0 Å². The lowest BCUT2D eigenvalue weighted by Gasteiger charge is -2.07. The molecule has 0 saturated carbocycles. The summed E-state index contributed by atoms with van der Waals surface area (Å²) >= 11 is 0. The Morgan fingerprint density at radius 1 is 0.400 bits per heavy atom. The average molecular weight is 383 g/mol. The molecule has 0 aromatic heterocycles. The molecule has 0 radical (unpaired) electrons. The molecule has 0 atom stereocenters. The molecule has 0 aliphatic carbocycles. The molecule has 0 amide bonds. The van der Waals surface area contributed by atoms with E-state index in [0.29, 0.717) is 0 Å². The molecule has 0 aliphatic rings. The van der Waals surface area contributed by atoms with Crippen molar-refractivity contribution in [2.75, 3.05) is 0 Å². The Morgan fingerprint density at radius 3 is 1.07 bits per heavy atom. The Morgan fingerprint density at radius 2 is 0.700 bits per heavy atom. The molecule has 6 rings (SSSR count). The van der Waals surface area contributed by atoms with E-state index >= 15 is 0 Å². The summed E-state index contributed by atoms with van der Waals surface area (Å²) in [7, 11) is 0. The number of hydrogen-bond acceptors (Lipinski definition) is 0. The fourth-order valence-corrected chi connectivity index (χ4v) is 4.15. The zero-order chi connectivity index (χ0) is 20.3. The number of hydrogen-bond donors (Lipinski definition) is 0. The monoisotopic (exact) mass is 382 g/mol. The van der Waals surface area contributed by atoms with Crippen LogP contribution in [0.2, 0.25) is 0 Å². The Labute approximate surface area is 176 Å². The van der Waals surface area contributed by atoms with E-state index in [0.717, 1.165) is 0 Å². The number of rotatable bonds is 1. The zero-order valence-corrected chi connectivity index (χ0v) is 16.8. The van der Waals surface area contributed by atoms with E-state index in [-0.39, 0.29) is 0 Å². The van der Waals surface area contributed by atoms with Gasteiger partial charge in [0.05, 0.1) is 0 Å². The van der Waals surface area contributed by atoms with Gasteiger partial charge in [-0.1, -0.05) is 110 Å². The maximum absolute atomic E-state index is 3.93. The highest BCUT2D eigenvalue weighted by atomic mass is 14.1. The van der Waals surface area contributed by atoms with Gasteiger partial charge in [-0.15, -0.1) is 0 Å². The lowest BCUT2D eigenvalue weighted by atomic mass is 9.97. The molecule has 0 saturated heterocycles. The van der Waals surface area contributed by atoms with Gasteiger partial charge in [-0.2, -0.15) is 0 Å².